The summed E-state index contributed by atoms with van der Waals surface area (Å²) in [6, 6.07) is 4.79. The third-order valence-corrected chi connectivity index (χ3v) is 4.93. The minimum Gasteiger partial charge on any atom is -0.313 e. The van der Waals surface area contributed by atoms with Crippen LogP contribution in [0, 0.1) is 10.1 Å². The molecule has 2 N–H and O–H groups in total. The van der Waals surface area contributed by atoms with Crippen LogP contribution in [-0.4, -0.2) is 32.0 Å². The number of hydrogen-bond donors (Lipinski definition) is 2. The van der Waals surface area contributed by atoms with Crippen molar-refractivity contribution in [3.8, 4) is 0 Å². The lowest BCUT2D eigenvalue weighted by Crippen LogP contribution is -2.51. The molecular weight excluding hydrogens is 282 g/mol. The fourth-order valence-corrected chi connectivity index (χ4v) is 3.57. The molecule has 1 fully saturated rings. The summed E-state index contributed by atoms with van der Waals surface area (Å²) in [6.45, 7) is 2.82. The number of nitro benzene ring substituents is 1. The average Bonchev–Trinajstić information content (AvgIpc) is 2.41. The molecule has 8 heteroatoms. The quantitative estimate of drug-likeness (QED) is 0.638. The van der Waals surface area contributed by atoms with Crippen molar-refractivity contribution < 1.29 is 13.3 Å². The zero-order valence-corrected chi connectivity index (χ0v) is 11.9. The van der Waals surface area contributed by atoms with Crippen molar-refractivity contribution in [2.45, 2.75) is 36.7 Å². The molecular formula is C12H17N3O4S. The summed E-state index contributed by atoms with van der Waals surface area (Å²) in [7, 11) is -3.65. The molecule has 0 saturated carbocycles. The van der Waals surface area contributed by atoms with Gasteiger partial charge in [-0.2, -0.15) is 0 Å². The number of rotatable bonds is 4. The molecule has 0 spiro atoms. The fraction of sp³-hybridized carbons (Fsp3) is 0.500. The van der Waals surface area contributed by atoms with Gasteiger partial charge in [0.2, 0.25) is 10.0 Å². The van der Waals surface area contributed by atoms with Gasteiger partial charge < -0.3 is 5.32 Å². The number of sulfonamides is 1. The van der Waals surface area contributed by atoms with Crippen LogP contribution in [0.5, 0.6) is 0 Å². The lowest BCUT2D eigenvalue weighted by Gasteiger charge is -2.30. The minimum absolute atomic E-state index is 0.0425. The summed E-state index contributed by atoms with van der Waals surface area (Å²) in [4.78, 5) is 10.0. The number of nitro groups is 1. The number of piperidine rings is 1. The van der Waals surface area contributed by atoms with Crippen LogP contribution < -0.4 is 10.0 Å². The van der Waals surface area contributed by atoms with Crippen molar-refractivity contribution >= 4 is 15.7 Å². The van der Waals surface area contributed by atoms with E-state index in [4.69, 9.17) is 0 Å². The Balaban J connectivity index is 2.15. The highest BCUT2D eigenvalue weighted by atomic mass is 32.2. The molecule has 0 bridgehead atoms. The largest absolute Gasteiger partial charge is 0.313 e. The Morgan fingerprint density at radius 1 is 1.35 bits per heavy atom. The van der Waals surface area contributed by atoms with Crippen LogP contribution in [0.25, 0.3) is 0 Å². The molecule has 0 aromatic heterocycles. The second-order valence-electron chi connectivity index (χ2n) is 4.86. The minimum atomic E-state index is -3.65. The van der Waals surface area contributed by atoms with E-state index in [9.17, 15) is 18.5 Å². The molecule has 0 radical (unpaired) electrons. The number of hydrogen-bond acceptors (Lipinski definition) is 5. The van der Waals surface area contributed by atoms with Crippen LogP contribution in [0.2, 0.25) is 0 Å². The Bertz CT molecular complexity index is 585. The Hall–Kier alpha value is -1.51. The topological polar surface area (TPSA) is 101 Å². The second kappa shape index (κ2) is 5.86. The van der Waals surface area contributed by atoms with Crippen molar-refractivity contribution in [1.82, 2.24) is 10.0 Å². The lowest BCUT2D eigenvalue weighted by molar-refractivity contribution is -0.384. The first kappa shape index (κ1) is 14.9. The van der Waals surface area contributed by atoms with Crippen LogP contribution in [0.1, 0.15) is 19.8 Å². The molecule has 110 valence electrons. The summed E-state index contributed by atoms with van der Waals surface area (Å²) < 4.78 is 27.1. The van der Waals surface area contributed by atoms with Gasteiger partial charge in [-0.15, -0.1) is 0 Å². The van der Waals surface area contributed by atoms with Crippen LogP contribution in [-0.2, 0) is 10.0 Å². The maximum atomic E-state index is 12.2. The first-order valence-electron chi connectivity index (χ1n) is 6.40. The highest BCUT2D eigenvalue weighted by molar-refractivity contribution is 7.89. The molecule has 1 aromatic rings. The van der Waals surface area contributed by atoms with Gasteiger partial charge in [-0.1, -0.05) is 0 Å². The Morgan fingerprint density at radius 3 is 2.55 bits per heavy atom. The first-order chi connectivity index (χ1) is 9.40. The molecule has 1 aliphatic heterocycles. The van der Waals surface area contributed by atoms with Gasteiger partial charge in [0, 0.05) is 24.2 Å². The van der Waals surface area contributed by atoms with Crippen LogP contribution >= 0.6 is 0 Å². The van der Waals surface area contributed by atoms with Crippen LogP contribution in [0.15, 0.2) is 29.2 Å². The number of benzene rings is 1. The molecule has 20 heavy (non-hydrogen) atoms. The van der Waals surface area contributed by atoms with Gasteiger partial charge in [0.15, 0.2) is 0 Å². The SMILES string of the molecule is C[C@H]1NCCC[C@H]1NS(=O)(=O)c1ccc([N+](=O)[O-])cc1. The normalized spacial score (nSPS) is 23.4. The van der Waals surface area contributed by atoms with E-state index in [0.29, 0.717) is 0 Å². The van der Waals surface area contributed by atoms with Crippen molar-refractivity contribution in [1.29, 1.82) is 0 Å². The highest BCUT2D eigenvalue weighted by Gasteiger charge is 2.26. The molecule has 2 rings (SSSR count). The summed E-state index contributed by atoms with van der Waals surface area (Å²) in [5.41, 5.74) is -0.128. The Morgan fingerprint density at radius 2 is 2.00 bits per heavy atom. The van der Waals surface area contributed by atoms with Crippen molar-refractivity contribution in [2.75, 3.05) is 6.54 Å². The van der Waals surface area contributed by atoms with Crippen molar-refractivity contribution in [2.24, 2.45) is 0 Å². The van der Waals surface area contributed by atoms with Crippen LogP contribution in [0.3, 0.4) is 0 Å². The standard InChI is InChI=1S/C12H17N3O4S/c1-9-12(3-2-8-13-9)14-20(18,19)11-6-4-10(5-7-11)15(16)17/h4-7,9,12-14H,2-3,8H2,1H3/t9-,12-/m1/s1. The molecule has 0 aliphatic carbocycles. The molecule has 0 amide bonds. The molecule has 1 aliphatic rings. The van der Waals surface area contributed by atoms with Gasteiger partial charge in [-0.3, -0.25) is 10.1 Å². The molecule has 1 heterocycles. The van der Waals surface area contributed by atoms with Gasteiger partial charge in [-0.25, -0.2) is 13.1 Å². The van der Waals surface area contributed by atoms with E-state index in [2.05, 4.69) is 10.0 Å². The molecule has 7 nitrogen and oxygen atoms in total. The molecule has 0 unspecified atom stereocenters. The summed E-state index contributed by atoms with van der Waals surface area (Å²) in [5.74, 6) is 0. The van der Waals surface area contributed by atoms with E-state index >= 15 is 0 Å². The Labute approximate surface area is 117 Å². The van der Waals surface area contributed by atoms with Gasteiger partial charge in [-0.05, 0) is 38.4 Å². The lowest BCUT2D eigenvalue weighted by atomic mass is 10.0. The van der Waals surface area contributed by atoms with Crippen molar-refractivity contribution in [3.05, 3.63) is 34.4 Å². The average molecular weight is 299 g/mol. The van der Waals surface area contributed by atoms with E-state index in [1.165, 1.54) is 24.3 Å². The number of nitrogens with one attached hydrogen (secondary N) is 2. The van der Waals surface area contributed by atoms with E-state index in [0.717, 1.165) is 19.4 Å². The second-order valence-corrected chi connectivity index (χ2v) is 6.58. The van der Waals surface area contributed by atoms with Gasteiger partial charge in [0.1, 0.15) is 0 Å². The zero-order chi connectivity index (χ0) is 14.8. The zero-order valence-electron chi connectivity index (χ0n) is 11.1. The predicted octanol–water partition coefficient (Wildman–Crippen LogP) is 1.01. The van der Waals surface area contributed by atoms with Crippen molar-refractivity contribution in [3.63, 3.8) is 0 Å². The number of non-ortho nitro benzene ring substituents is 1. The van der Waals surface area contributed by atoms with Gasteiger partial charge in [0.05, 0.1) is 9.82 Å². The highest BCUT2D eigenvalue weighted by Crippen LogP contribution is 2.17. The third-order valence-electron chi connectivity index (χ3n) is 3.43. The van der Waals surface area contributed by atoms with Gasteiger partial charge >= 0.3 is 0 Å². The maximum Gasteiger partial charge on any atom is 0.269 e. The maximum absolute atomic E-state index is 12.2. The van der Waals surface area contributed by atoms with Gasteiger partial charge in [0.25, 0.3) is 5.69 Å². The van der Waals surface area contributed by atoms with E-state index < -0.39 is 14.9 Å². The number of nitrogens with zero attached hydrogens (tertiary/aromatic N) is 1. The smallest absolute Gasteiger partial charge is 0.269 e. The summed E-state index contributed by atoms with van der Waals surface area (Å²) in [6.07, 6.45) is 1.69. The van der Waals surface area contributed by atoms with E-state index in [-0.39, 0.29) is 22.7 Å². The summed E-state index contributed by atoms with van der Waals surface area (Å²) in [5, 5.41) is 13.8. The monoisotopic (exact) mass is 299 g/mol. The van der Waals surface area contributed by atoms with E-state index in [1.807, 2.05) is 6.92 Å². The summed E-state index contributed by atoms with van der Waals surface area (Å²) >= 11 is 0. The third kappa shape index (κ3) is 3.33. The van der Waals surface area contributed by atoms with E-state index in [1.54, 1.807) is 0 Å². The molecule has 1 saturated heterocycles. The fourth-order valence-electron chi connectivity index (χ4n) is 2.22. The predicted molar refractivity (Wildman–Crippen MR) is 73.9 cm³/mol. The Kier molecular flexibility index (Phi) is 4.36. The van der Waals surface area contributed by atoms with Crippen LogP contribution in [0.4, 0.5) is 5.69 Å². The first-order valence-corrected chi connectivity index (χ1v) is 7.88. The molecule has 1 aromatic carbocycles. The molecule has 2 atom stereocenters.